The van der Waals surface area contributed by atoms with E-state index in [4.69, 9.17) is 9.29 Å². The molecule has 0 radical (unpaired) electrons. The summed E-state index contributed by atoms with van der Waals surface area (Å²) in [5, 5.41) is 14.7. The number of alkyl carbamates (subject to hydrolysis) is 1. The molecule has 1 aromatic carbocycles. The van der Waals surface area contributed by atoms with Crippen LogP contribution in [0, 0.1) is 5.92 Å². The summed E-state index contributed by atoms with van der Waals surface area (Å²) in [5.74, 6) is -0.632. The van der Waals surface area contributed by atoms with Crippen LogP contribution in [0.1, 0.15) is 45.6 Å². The first-order valence-electron chi connectivity index (χ1n) is 9.46. The monoisotopic (exact) mass is 430 g/mol. The minimum Gasteiger partial charge on any atom is -0.445 e. The highest BCUT2D eigenvalue weighted by atomic mass is 32.2. The van der Waals surface area contributed by atoms with E-state index >= 15 is 0 Å². The molecule has 0 aliphatic rings. The van der Waals surface area contributed by atoms with Gasteiger partial charge >= 0.3 is 6.09 Å². The molecule has 0 saturated carbocycles. The van der Waals surface area contributed by atoms with E-state index in [0.29, 0.717) is 6.42 Å². The summed E-state index contributed by atoms with van der Waals surface area (Å²) in [6.45, 7) is 5.48. The van der Waals surface area contributed by atoms with E-state index in [-0.39, 0.29) is 25.4 Å². The number of aliphatic hydroxyl groups is 1. The molecule has 10 heteroatoms. The molecular weight excluding hydrogens is 400 g/mol. The Morgan fingerprint density at radius 1 is 1.14 bits per heavy atom. The lowest BCUT2D eigenvalue weighted by atomic mass is 10.0. The molecule has 0 aliphatic carbocycles. The average Bonchev–Trinajstić information content (AvgIpc) is 2.64. The maximum atomic E-state index is 12.6. The van der Waals surface area contributed by atoms with E-state index in [1.54, 1.807) is 31.2 Å². The Labute approximate surface area is 171 Å². The number of ether oxygens (including phenoxy) is 1. The van der Waals surface area contributed by atoms with Gasteiger partial charge in [-0.15, -0.1) is 0 Å². The van der Waals surface area contributed by atoms with Crippen LogP contribution in [0.25, 0.3) is 0 Å². The normalized spacial score (nSPS) is 14.7. The predicted octanol–water partition coefficient (Wildman–Crippen LogP) is 1.82. The molecule has 0 aliphatic heterocycles. The summed E-state index contributed by atoms with van der Waals surface area (Å²) < 4.78 is 36.7. The highest BCUT2D eigenvalue weighted by molar-refractivity contribution is 7.86. The first-order valence-corrected chi connectivity index (χ1v) is 11.0. The van der Waals surface area contributed by atoms with E-state index in [1.165, 1.54) is 0 Å². The lowest BCUT2D eigenvalue weighted by molar-refractivity contribution is -0.124. The van der Waals surface area contributed by atoms with Crippen LogP contribution in [0.2, 0.25) is 0 Å². The van der Waals surface area contributed by atoms with Crippen molar-refractivity contribution in [2.24, 2.45) is 5.92 Å². The second-order valence-electron chi connectivity index (χ2n) is 7.20. The van der Waals surface area contributed by atoms with Gasteiger partial charge in [0.15, 0.2) is 0 Å². The molecule has 164 valence electrons. The van der Waals surface area contributed by atoms with Crippen LogP contribution in [-0.4, -0.2) is 47.6 Å². The van der Waals surface area contributed by atoms with Crippen LogP contribution in [-0.2, 0) is 26.3 Å². The summed E-state index contributed by atoms with van der Waals surface area (Å²) in [6.07, 6.45) is 0.0583. The van der Waals surface area contributed by atoms with Crippen LogP contribution < -0.4 is 10.6 Å². The summed E-state index contributed by atoms with van der Waals surface area (Å²) in [4.78, 5) is 24.8. The van der Waals surface area contributed by atoms with Gasteiger partial charge in [-0.25, -0.2) is 4.79 Å². The maximum absolute atomic E-state index is 12.6. The van der Waals surface area contributed by atoms with Gasteiger partial charge in [0, 0.05) is 0 Å². The number of nitrogens with one attached hydrogen (secondary N) is 2. The number of hydrogen-bond acceptors (Lipinski definition) is 6. The molecule has 1 unspecified atom stereocenters. The van der Waals surface area contributed by atoms with E-state index in [9.17, 15) is 23.1 Å². The topological polar surface area (TPSA) is 142 Å². The number of benzene rings is 1. The Bertz CT molecular complexity index is 753. The lowest BCUT2D eigenvalue weighted by Crippen LogP contribution is -2.54. The van der Waals surface area contributed by atoms with Crippen molar-refractivity contribution < 1.29 is 32.4 Å². The molecule has 4 N–H and O–H groups in total. The Morgan fingerprint density at radius 2 is 1.76 bits per heavy atom. The predicted molar refractivity (Wildman–Crippen MR) is 107 cm³/mol. The number of carbonyl (C=O) groups is 2. The van der Waals surface area contributed by atoms with Crippen molar-refractivity contribution in [2.75, 3.05) is 0 Å². The van der Waals surface area contributed by atoms with Gasteiger partial charge in [0.1, 0.15) is 12.6 Å². The van der Waals surface area contributed by atoms with Gasteiger partial charge in [0.2, 0.25) is 11.3 Å². The molecule has 0 fully saturated rings. The highest BCUT2D eigenvalue weighted by Gasteiger charge is 2.33. The summed E-state index contributed by atoms with van der Waals surface area (Å²) in [7, 11) is -4.75. The van der Waals surface area contributed by atoms with Gasteiger partial charge in [0.25, 0.3) is 10.1 Å². The molecule has 0 heterocycles. The second kappa shape index (κ2) is 11.7. The zero-order chi connectivity index (χ0) is 22.0. The quantitative estimate of drug-likeness (QED) is 0.392. The van der Waals surface area contributed by atoms with Gasteiger partial charge in [-0.2, -0.15) is 8.42 Å². The zero-order valence-corrected chi connectivity index (χ0v) is 17.7. The van der Waals surface area contributed by atoms with Crippen LogP contribution in [0.4, 0.5) is 4.79 Å². The van der Waals surface area contributed by atoms with Crippen molar-refractivity contribution in [3.05, 3.63) is 35.9 Å². The van der Waals surface area contributed by atoms with Crippen molar-refractivity contribution in [2.45, 2.75) is 64.2 Å². The van der Waals surface area contributed by atoms with Crippen molar-refractivity contribution in [3.8, 4) is 0 Å². The molecule has 9 nitrogen and oxygen atoms in total. The zero-order valence-electron chi connectivity index (χ0n) is 16.9. The van der Waals surface area contributed by atoms with Crippen LogP contribution >= 0.6 is 0 Å². The standard InChI is InChI=1S/C19H30N2O7S/c1-4-8-15(18(23)29(25,26)27)20-17(22)16(11-13(2)3)21-19(24)28-12-14-9-6-5-7-10-14/h5-7,9-10,13,15-16,18,23H,4,8,11-12H2,1-3H3,(H,20,22)(H,21,24)(H,25,26,27)/t15-,16-,18?/m0/s1. The summed E-state index contributed by atoms with van der Waals surface area (Å²) >= 11 is 0. The molecule has 0 bridgehead atoms. The average molecular weight is 431 g/mol. The molecular formula is C19H30N2O7S. The van der Waals surface area contributed by atoms with Crippen molar-refractivity contribution in [1.29, 1.82) is 0 Å². The molecule has 1 rings (SSSR count). The third-order valence-corrected chi connectivity index (χ3v) is 5.04. The number of hydrogen-bond donors (Lipinski definition) is 4. The first-order chi connectivity index (χ1) is 13.5. The second-order valence-corrected chi connectivity index (χ2v) is 8.71. The smallest absolute Gasteiger partial charge is 0.408 e. The highest BCUT2D eigenvalue weighted by Crippen LogP contribution is 2.11. The molecule has 0 saturated heterocycles. The Morgan fingerprint density at radius 3 is 2.28 bits per heavy atom. The molecule has 29 heavy (non-hydrogen) atoms. The number of rotatable bonds is 11. The number of amides is 2. The summed E-state index contributed by atoms with van der Waals surface area (Å²) in [5.41, 5.74) is -1.37. The molecule has 0 spiro atoms. The van der Waals surface area contributed by atoms with Gasteiger partial charge in [0.05, 0.1) is 6.04 Å². The van der Waals surface area contributed by atoms with E-state index in [1.807, 2.05) is 19.9 Å². The van der Waals surface area contributed by atoms with E-state index in [2.05, 4.69) is 10.6 Å². The minimum atomic E-state index is -4.75. The van der Waals surface area contributed by atoms with Gasteiger partial charge in [-0.1, -0.05) is 57.5 Å². The van der Waals surface area contributed by atoms with E-state index < -0.39 is 39.6 Å². The molecule has 1 aromatic rings. The fraction of sp³-hybridized carbons (Fsp3) is 0.579. The lowest BCUT2D eigenvalue weighted by Gasteiger charge is -2.26. The maximum Gasteiger partial charge on any atom is 0.408 e. The number of aliphatic hydroxyl groups excluding tert-OH is 1. The van der Waals surface area contributed by atoms with Crippen molar-refractivity contribution in [3.63, 3.8) is 0 Å². The van der Waals surface area contributed by atoms with Crippen molar-refractivity contribution >= 4 is 22.1 Å². The Kier molecular flexibility index (Phi) is 10.1. The Hall–Kier alpha value is -2.17. The first kappa shape index (κ1) is 24.9. The van der Waals surface area contributed by atoms with Gasteiger partial charge in [-0.3, -0.25) is 9.35 Å². The van der Waals surface area contributed by atoms with Gasteiger partial charge in [-0.05, 0) is 24.3 Å². The molecule has 2 amide bonds. The van der Waals surface area contributed by atoms with Crippen molar-refractivity contribution in [1.82, 2.24) is 10.6 Å². The fourth-order valence-corrected chi connectivity index (χ4v) is 3.32. The van der Waals surface area contributed by atoms with Crippen LogP contribution in [0.3, 0.4) is 0 Å². The van der Waals surface area contributed by atoms with Crippen LogP contribution in [0.5, 0.6) is 0 Å². The molecule has 0 aromatic heterocycles. The van der Waals surface area contributed by atoms with Gasteiger partial charge < -0.3 is 20.5 Å². The van der Waals surface area contributed by atoms with Crippen LogP contribution in [0.15, 0.2) is 30.3 Å². The van der Waals surface area contributed by atoms with E-state index in [0.717, 1.165) is 5.56 Å². The fourth-order valence-electron chi connectivity index (χ4n) is 2.70. The Balaban J connectivity index is 2.78. The molecule has 3 atom stereocenters. The third-order valence-electron chi connectivity index (χ3n) is 4.11. The minimum absolute atomic E-state index is 0.0304. The third kappa shape index (κ3) is 9.25. The summed E-state index contributed by atoms with van der Waals surface area (Å²) in [6, 6.07) is 6.82. The largest absolute Gasteiger partial charge is 0.445 e. The SMILES string of the molecule is CCC[C@H](NC(=O)[C@H](CC(C)C)NC(=O)OCc1ccccc1)C(O)S(=O)(=O)O. The number of carbonyl (C=O) groups excluding carboxylic acids is 2.